The fraction of sp³-hybridized carbons (Fsp3) is 0.883. The number of carbonyl (C=O) groups excluding carboxylic acids is 8. The number of likely N-dealkylation sites (tertiary alicyclic amines) is 1. The molecule has 8 amide bonds. The molecule has 4 aliphatic rings. The van der Waals surface area contributed by atoms with E-state index in [-0.39, 0.29) is 211 Å². The van der Waals surface area contributed by atoms with Crippen LogP contribution in [-0.4, -0.2) is 334 Å². The number of rotatable bonds is 64. The van der Waals surface area contributed by atoms with Crippen molar-refractivity contribution in [3.05, 3.63) is 6.66 Å². The van der Waals surface area contributed by atoms with Gasteiger partial charge in [0.25, 0.3) is 0 Å². The van der Waals surface area contributed by atoms with E-state index >= 15 is 0 Å². The van der Waals surface area contributed by atoms with Crippen LogP contribution in [0.3, 0.4) is 0 Å². The quantitative estimate of drug-likeness (QED) is 0.0202. The van der Waals surface area contributed by atoms with Crippen LogP contribution in [0, 0.1) is 24.4 Å². The Morgan fingerprint density at radius 2 is 0.716 bits per heavy atom. The minimum atomic E-state index is -3.51. The van der Waals surface area contributed by atoms with Gasteiger partial charge >= 0.3 is 0 Å². The summed E-state index contributed by atoms with van der Waals surface area (Å²) >= 11 is 0. The highest BCUT2D eigenvalue weighted by molar-refractivity contribution is 7.55. The van der Waals surface area contributed by atoms with E-state index in [0.717, 1.165) is 38.5 Å². The van der Waals surface area contributed by atoms with Gasteiger partial charge in [-0.15, -0.1) is 0 Å². The minimum absolute atomic E-state index is 0.0615. The van der Waals surface area contributed by atoms with Crippen LogP contribution >= 0.6 is 7.60 Å². The lowest BCUT2D eigenvalue weighted by atomic mass is 9.92. The molecular weight excluding hydrogens is 1550 g/mol. The average Bonchev–Trinajstić information content (AvgIpc) is 0.970. The van der Waals surface area contributed by atoms with E-state index < -0.39 is 137 Å². The summed E-state index contributed by atoms with van der Waals surface area (Å²) < 4.78 is 74.6. The van der Waals surface area contributed by atoms with Crippen molar-refractivity contribution >= 4 is 54.9 Å². The van der Waals surface area contributed by atoms with E-state index in [2.05, 4.69) is 43.9 Å². The lowest BCUT2D eigenvalue weighted by Gasteiger charge is -2.40. The Morgan fingerprint density at radius 3 is 1.04 bits per heavy atom. The van der Waals surface area contributed by atoms with Crippen LogP contribution in [0.4, 0.5) is 0 Å². The van der Waals surface area contributed by atoms with E-state index in [0.29, 0.717) is 77.0 Å². The molecule has 0 aromatic carbocycles. The van der Waals surface area contributed by atoms with Crippen molar-refractivity contribution < 1.29 is 146 Å². The minimum Gasteiger partial charge on any atom is -0.394 e. The Kier molecular flexibility index (Phi) is 52.6. The van der Waals surface area contributed by atoms with Crippen LogP contribution in [0.5, 0.6) is 0 Å². The third-order valence-electron chi connectivity index (χ3n) is 20.8. The Balaban J connectivity index is 1.28. The van der Waals surface area contributed by atoms with Gasteiger partial charge in [0, 0.05) is 142 Å². The third-order valence-corrected chi connectivity index (χ3v) is 21.9. The third kappa shape index (κ3) is 41.1. The van der Waals surface area contributed by atoms with Gasteiger partial charge in [-0.05, 0) is 77.0 Å². The molecule has 16 unspecified atom stereocenters. The SMILES string of the molecule is [CH2-]P(=O)(OC)OC[C@@H]1C[C@@H](O)CN1C(=O)CCCCCCCCCCC(=O)NC(COCCC(=O)NCCCNC(=O)CCCCOC1OC(CO)C(O)C(O)C1C)(COCCC(=O)NCCCNC(=O)CCCCOC1OC(CO)C(O)C(O)C1C)COCCC(=O)NCCCNC(=O)CCCCOC1OC(CO)C(O)C(O)C1C. The number of hydrogen-bond acceptors (Lipinski definition) is 30. The highest BCUT2D eigenvalue weighted by Gasteiger charge is 2.45. The molecule has 116 heavy (non-hydrogen) atoms. The molecule has 39 heteroatoms. The number of unbranched alkanes of at least 4 members (excludes halogenated alkanes) is 10. The van der Waals surface area contributed by atoms with Crippen molar-refractivity contribution in [3.8, 4) is 0 Å². The van der Waals surface area contributed by atoms with E-state index in [9.17, 15) is 94.0 Å². The van der Waals surface area contributed by atoms with E-state index in [1.165, 1.54) is 7.11 Å². The van der Waals surface area contributed by atoms with Crippen LogP contribution in [0.25, 0.3) is 0 Å². The maximum absolute atomic E-state index is 14.0. The van der Waals surface area contributed by atoms with Gasteiger partial charge in [0.15, 0.2) is 26.5 Å². The highest BCUT2D eigenvalue weighted by atomic mass is 31.2. The monoisotopic (exact) mass is 1690 g/mol. The van der Waals surface area contributed by atoms with Crippen LogP contribution in [0.15, 0.2) is 0 Å². The summed E-state index contributed by atoms with van der Waals surface area (Å²) in [6.07, 6.45) is -1.73. The maximum atomic E-state index is 14.0. The summed E-state index contributed by atoms with van der Waals surface area (Å²) in [6.45, 7) is 8.32. The Labute approximate surface area is 682 Å². The zero-order valence-electron chi connectivity index (χ0n) is 68.6. The largest absolute Gasteiger partial charge is 0.394 e. The predicted molar refractivity (Wildman–Crippen MR) is 417 cm³/mol. The first-order valence-electron chi connectivity index (χ1n) is 41.6. The summed E-state index contributed by atoms with van der Waals surface area (Å²) in [5.41, 5.74) is -1.41. The lowest BCUT2D eigenvalue weighted by molar-refractivity contribution is -0.282. The molecule has 0 saturated carbocycles. The van der Waals surface area contributed by atoms with Crippen molar-refractivity contribution in [2.45, 2.75) is 279 Å². The van der Waals surface area contributed by atoms with E-state index in [1.807, 2.05) is 0 Å². The number of carbonyl (C=O) groups is 8. The average molecular weight is 1690 g/mol. The molecule has 4 saturated heterocycles. The second-order valence-corrected chi connectivity index (χ2v) is 32.4. The van der Waals surface area contributed by atoms with Gasteiger partial charge in [0.2, 0.25) is 47.3 Å². The standard InChI is InChI=1S/C77H140N8O30P/c1-52-68(98)71(101)57(45-86)113-74(52)109-37-17-14-23-60(90)78-31-20-34-81-63(93)28-40-106-49-77(84-66(96)26-12-10-8-6-7-9-11-13-27-67(97)85-44-56(89)43-55(85)48-112-116(5,104)105-4,50-107-41-29-64(94)82-35-21-32-79-61(91)24-15-18-38-110-75-53(2)69(99)72(102)58(46-87)114-75)51-108-42-30-65(95)83-36-22-33-80-62(92)25-16-19-39-111-76-54(3)70(100)73(103)59(47-88)115-76/h52-59,68-76,86-89,98-103H,5-51H2,1-4H3,(H,78,90)(H,79,91)(H,80,92)(H,81,93)(H,82,94)(H,83,95)(H,84,96)/q-1/t52?,53?,54?,55-,56+,57?,58?,59?,68?,69?,70?,71?,72?,73?,74?,75?,76?,77?,116?/m0/s1. The Hall–Kier alpha value is -4.85. The molecule has 0 aliphatic carbocycles. The first-order valence-corrected chi connectivity index (χ1v) is 43.3. The van der Waals surface area contributed by atoms with Gasteiger partial charge in [-0.25, -0.2) is 6.66 Å². The second-order valence-electron chi connectivity index (χ2n) is 30.6. The summed E-state index contributed by atoms with van der Waals surface area (Å²) in [6, 6.07) is -0.438. The van der Waals surface area contributed by atoms with Crippen molar-refractivity contribution in [2.75, 3.05) is 139 Å². The molecule has 0 radical (unpaired) electrons. The molecule has 0 aromatic rings. The molecule has 0 bridgehead atoms. The Bertz CT molecular complexity index is 2620. The number of nitrogens with zero attached hydrogens (tertiary/aromatic N) is 1. The lowest BCUT2D eigenvalue weighted by Crippen LogP contribution is -2.58. The number of aliphatic hydroxyl groups excluding tert-OH is 10. The summed E-state index contributed by atoms with van der Waals surface area (Å²) in [5.74, 6) is -3.73. The van der Waals surface area contributed by atoms with Gasteiger partial charge in [0.1, 0.15) is 42.2 Å². The molecule has 18 atom stereocenters. The van der Waals surface area contributed by atoms with Crippen molar-refractivity contribution in [1.29, 1.82) is 0 Å². The van der Waals surface area contributed by atoms with Crippen LogP contribution in [-0.2, 0) is 94.6 Å². The number of β-amino-alcohol motifs (C(OH)–C–C–N with tert-alkyl or cyclic N) is 1. The summed E-state index contributed by atoms with van der Waals surface area (Å²) in [4.78, 5) is 106. The van der Waals surface area contributed by atoms with Crippen LogP contribution in [0.1, 0.15) is 188 Å². The van der Waals surface area contributed by atoms with Gasteiger partial charge in [-0.3, -0.25) is 42.9 Å². The number of aliphatic hydroxyl groups is 10. The zero-order chi connectivity index (χ0) is 85.3. The summed E-state index contributed by atoms with van der Waals surface area (Å²) in [5, 5.41) is 120. The maximum Gasteiger partial charge on any atom is 0.222 e. The molecule has 674 valence electrons. The second kappa shape index (κ2) is 59.0. The smallest absolute Gasteiger partial charge is 0.222 e. The van der Waals surface area contributed by atoms with Crippen LogP contribution in [0.2, 0.25) is 0 Å². The molecule has 4 rings (SSSR count). The molecule has 38 nitrogen and oxygen atoms in total. The molecule has 4 fully saturated rings. The molecule has 0 aromatic heterocycles. The first-order chi connectivity index (χ1) is 55.6. The molecular formula is C77H140N8O30P-. The van der Waals surface area contributed by atoms with Gasteiger partial charge in [-0.2, -0.15) is 0 Å². The number of amides is 8. The number of ether oxygens (including phenoxy) is 9. The molecule has 0 spiro atoms. The normalized spacial score (nSPS) is 26.5. The summed E-state index contributed by atoms with van der Waals surface area (Å²) in [7, 11) is -2.29. The first kappa shape index (κ1) is 103. The zero-order valence-corrected chi connectivity index (χ0v) is 69.5. The van der Waals surface area contributed by atoms with Gasteiger partial charge < -0.3 is 145 Å². The Morgan fingerprint density at radius 1 is 0.414 bits per heavy atom. The van der Waals surface area contributed by atoms with Gasteiger partial charge in [-0.1, -0.05) is 59.3 Å². The van der Waals surface area contributed by atoms with Gasteiger partial charge in [0.05, 0.1) is 96.5 Å². The van der Waals surface area contributed by atoms with E-state index in [1.54, 1.807) is 25.7 Å². The van der Waals surface area contributed by atoms with Crippen LogP contribution < -0.4 is 37.2 Å². The predicted octanol–water partition coefficient (Wildman–Crippen LogP) is -0.775. The molecule has 4 aliphatic heterocycles. The molecule has 17 N–H and O–H groups in total. The van der Waals surface area contributed by atoms with Crippen molar-refractivity contribution in [2.24, 2.45) is 17.8 Å². The number of hydrogen-bond donors (Lipinski definition) is 17. The van der Waals surface area contributed by atoms with E-state index in [4.69, 9.17) is 51.7 Å². The fourth-order valence-corrected chi connectivity index (χ4v) is 13.9. The molecule has 4 heterocycles. The van der Waals surface area contributed by atoms with Crippen molar-refractivity contribution in [1.82, 2.24) is 42.1 Å². The van der Waals surface area contributed by atoms with Crippen molar-refractivity contribution in [3.63, 3.8) is 0 Å². The fourth-order valence-electron chi connectivity index (χ4n) is 13.4. The number of nitrogens with one attached hydrogen (secondary N) is 7. The highest BCUT2D eigenvalue weighted by Crippen LogP contribution is 2.46. The topological polar surface area (TPSA) is 545 Å².